The molecule has 0 saturated heterocycles. The number of hydrogen-bond acceptors (Lipinski definition) is 2. The maximum atomic E-state index is 5.30. The highest BCUT2D eigenvalue weighted by atomic mass is 32.1. The van der Waals surface area contributed by atoms with Crippen molar-refractivity contribution in [3.63, 3.8) is 0 Å². The molecule has 5 heteroatoms. The van der Waals surface area contributed by atoms with Crippen LogP contribution in [0.3, 0.4) is 0 Å². The first kappa shape index (κ1) is 11.6. The first-order valence-corrected chi connectivity index (χ1v) is 5.72. The second kappa shape index (κ2) is 5.45. The Balaban J connectivity index is 1.92. The summed E-state index contributed by atoms with van der Waals surface area (Å²) in [5.74, 6) is 0.893. The fourth-order valence-electron chi connectivity index (χ4n) is 1.42. The number of hydrogen-bond donors (Lipinski definition) is 2. The maximum absolute atomic E-state index is 5.30. The highest BCUT2D eigenvalue weighted by molar-refractivity contribution is 7.80. The van der Waals surface area contributed by atoms with Gasteiger partial charge in [0.05, 0.1) is 6.54 Å². The van der Waals surface area contributed by atoms with Crippen molar-refractivity contribution in [3.8, 4) is 0 Å². The Kier molecular flexibility index (Phi) is 3.72. The average molecular weight is 246 g/mol. The van der Waals surface area contributed by atoms with Gasteiger partial charge < -0.3 is 15.2 Å². The van der Waals surface area contributed by atoms with E-state index in [1.165, 1.54) is 0 Å². The first-order valence-electron chi connectivity index (χ1n) is 5.31. The van der Waals surface area contributed by atoms with Crippen molar-refractivity contribution in [2.24, 2.45) is 0 Å². The quantitative estimate of drug-likeness (QED) is 0.815. The molecule has 0 aliphatic rings. The number of thiocarbonyl (C=S) groups is 1. The van der Waals surface area contributed by atoms with Gasteiger partial charge in [-0.1, -0.05) is 18.2 Å². The summed E-state index contributed by atoms with van der Waals surface area (Å²) in [5.41, 5.74) is 0.990. The van der Waals surface area contributed by atoms with Crippen molar-refractivity contribution in [3.05, 3.63) is 48.5 Å². The van der Waals surface area contributed by atoms with E-state index in [-0.39, 0.29) is 0 Å². The molecule has 17 heavy (non-hydrogen) atoms. The van der Waals surface area contributed by atoms with Crippen molar-refractivity contribution in [1.29, 1.82) is 0 Å². The van der Waals surface area contributed by atoms with Crippen LogP contribution < -0.4 is 5.32 Å². The Morgan fingerprint density at radius 1 is 1.41 bits per heavy atom. The lowest BCUT2D eigenvalue weighted by Crippen LogP contribution is -2.30. The molecule has 88 valence electrons. The molecule has 0 radical (unpaired) electrons. The summed E-state index contributed by atoms with van der Waals surface area (Å²) in [7, 11) is 1.93. The Hall–Kier alpha value is -1.88. The van der Waals surface area contributed by atoms with Gasteiger partial charge in [-0.25, -0.2) is 4.98 Å². The second-order valence-corrected chi connectivity index (χ2v) is 4.07. The largest absolute Gasteiger partial charge is 0.347 e. The summed E-state index contributed by atoms with van der Waals surface area (Å²) in [6.07, 6.45) is 3.54. The summed E-state index contributed by atoms with van der Waals surface area (Å²) < 4.78 is 0. The molecule has 0 aliphatic heterocycles. The number of benzene rings is 1. The van der Waals surface area contributed by atoms with Crippen molar-refractivity contribution in [1.82, 2.24) is 14.9 Å². The molecule has 1 aromatic carbocycles. The Bertz CT molecular complexity index is 467. The maximum Gasteiger partial charge on any atom is 0.173 e. The van der Waals surface area contributed by atoms with Gasteiger partial charge >= 0.3 is 0 Å². The molecule has 2 aromatic rings. The molecule has 0 spiro atoms. The van der Waals surface area contributed by atoms with E-state index in [9.17, 15) is 0 Å². The number of imidazole rings is 1. The fourth-order valence-corrected chi connectivity index (χ4v) is 1.60. The van der Waals surface area contributed by atoms with E-state index in [1.807, 2.05) is 42.3 Å². The molecule has 4 nitrogen and oxygen atoms in total. The number of para-hydroxylation sites is 1. The van der Waals surface area contributed by atoms with E-state index < -0.39 is 0 Å². The molecule has 0 bridgehead atoms. The lowest BCUT2D eigenvalue weighted by molar-refractivity contribution is 0.493. The third-order valence-electron chi connectivity index (χ3n) is 2.31. The minimum Gasteiger partial charge on any atom is -0.347 e. The van der Waals surface area contributed by atoms with Crippen molar-refractivity contribution in [2.45, 2.75) is 6.54 Å². The van der Waals surface area contributed by atoms with E-state index in [2.05, 4.69) is 15.3 Å². The van der Waals surface area contributed by atoms with Gasteiger partial charge in [0.2, 0.25) is 0 Å². The van der Waals surface area contributed by atoms with Gasteiger partial charge in [0.1, 0.15) is 5.82 Å². The van der Waals surface area contributed by atoms with E-state index in [4.69, 9.17) is 12.2 Å². The lowest BCUT2D eigenvalue weighted by Gasteiger charge is -2.19. The van der Waals surface area contributed by atoms with Crippen molar-refractivity contribution < 1.29 is 0 Å². The van der Waals surface area contributed by atoms with E-state index in [1.54, 1.807) is 12.4 Å². The molecule has 0 atom stereocenters. The highest BCUT2D eigenvalue weighted by Crippen LogP contribution is 2.07. The molecule has 2 rings (SSSR count). The Labute approximate surface area is 106 Å². The van der Waals surface area contributed by atoms with Gasteiger partial charge in [-0.15, -0.1) is 0 Å². The van der Waals surface area contributed by atoms with Crippen molar-refractivity contribution in [2.75, 3.05) is 12.4 Å². The molecule has 2 N–H and O–H groups in total. The molecule has 0 fully saturated rings. The van der Waals surface area contributed by atoms with Crippen LogP contribution in [-0.2, 0) is 6.54 Å². The zero-order valence-corrected chi connectivity index (χ0v) is 10.4. The van der Waals surface area contributed by atoms with Gasteiger partial charge in [-0.05, 0) is 24.4 Å². The molecule has 0 aliphatic carbocycles. The molecule has 0 amide bonds. The third kappa shape index (κ3) is 3.29. The van der Waals surface area contributed by atoms with Crippen molar-refractivity contribution >= 4 is 23.0 Å². The van der Waals surface area contributed by atoms with Crippen LogP contribution in [0.2, 0.25) is 0 Å². The fraction of sp³-hybridized carbons (Fsp3) is 0.167. The normalized spacial score (nSPS) is 9.94. The SMILES string of the molecule is CN(Cc1ncc[nH]1)C(=S)Nc1ccccc1. The van der Waals surface area contributed by atoms with E-state index in [0.717, 1.165) is 11.5 Å². The standard InChI is InChI=1S/C12H14N4S/c1-16(9-11-13-7-8-14-11)12(17)15-10-5-3-2-4-6-10/h2-8H,9H2,1H3,(H,13,14)(H,15,17). The van der Waals surface area contributed by atoms with Gasteiger partial charge in [0.25, 0.3) is 0 Å². The van der Waals surface area contributed by atoms with Crippen LogP contribution in [0.25, 0.3) is 0 Å². The summed E-state index contributed by atoms with van der Waals surface area (Å²) >= 11 is 5.30. The minimum absolute atomic E-state index is 0.658. The molecular weight excluding hydrogens is 232 g/mol. The zero-order valence-electron chi connectivity index (χ0n) is 9.55. The Morgan fingerprint density at radius 2 is 2.18 bits per heavy atom. The molecule has 0 unspecified atom stereocenters. The number of rotatable bonds is 3. The number of anilines is 1. The monoisotopic (exact) mass is 246 g/mol. The topological polar surface area (TPSA) is 44.0 Å². The van der Waals surface area contributed by atoms with E-state index >= 15 is 0 Å². The number of nitrogens with one attached hydrogen (secondary N) is 2. The van der Waals surface area contributed by atoms with Crippen LogP contribution in [0, 0.1) is 0 Å². The summed E-state index contributed by atoms with van der Waals surface area (Å²) in [6, 6.07) is 9.87. The smallest absolute Gasteiger partial charge is 0.173 e. The van der Waals surface area contributed by atoms with E-state index in [0.29, 0.717) is 11.7 Å². The molecule has 1 aromatic heterocycles. The van der Waals surface area contributed by atoms with Gasteiger partial charge in [-0.2, -0.15) is 0 Å². The average Bonchev–Trinajstić information content (AvgIpc) is 2.83. The third-order valence-corrected chi connectivity index (χ3v) is 2.73. The predicted octanol–water partition coefficient (Wildman–Crippen LogP) is 2.24. The Morgan fingerprint density at radius 3 is 2.82 bits per heavy atom. The van der Waals surface area contributed by atoms with Gasteiger partial charge in [0, 0.05) is 25.1 Å². The predicted molar refractivity (Wildman–Crippen MR) is 72.7 cm³/mol. The van der Waals surface area contributed by atoms with Crippen LogP contribution in [0.15, 0.2) is 42.7 Å². The summed E-state index contributed by atoms with van der Waals surface area (Å²) in [5, 5.41) is 3.84. The zero-order chi connectivity index (χ0) is 12.1. The molecular formula is C12H14N4S. The lowest BCUT2D eigenvalue weighted by atomic mass is 10.3. The summed E-state index contributed by atoms with van der Waals surface area (Å²) in [6.45, 7) is 0.658. The van der Waals surface area contributed by atoms with Gasteiger partial charge in [-0.3, -0.25) is 0 Å². The number of H-pyrrole nitrogens is 1. The van der Waals surface area contributed by atoms with Crippen LogP contribution in [0.4, 0.5) is 5.69 Å². The highest BCUT2D eigenvalue weighted by Gasteiger charge is 2.06. The number of aromatic amines is 1. The molecule has 0 saturated carbocycles. The second-order valence-electron chi connectivity index (χ2n) is 3.69. The first-order chi connectivity index (χ1) is 8.25. The van der Waals surface area contributed by atoms with Gasteiger partial charge in [0.15, 0.2) is 5.11 Å². The summed E-state index contributed by atoms with van der Waals surface area (Å²) in [4.78, 5) is 9.14. The number of aromatic nitrogens is 2. The molecule has 1 heterocycles. The van der Waals surface area contributed by atoms with Crippen LogP contribution in [0.5, 0.6) is 0 Å². The number of nitrogens with zero attached hydrogens (tertiary/aromatic N) is 2. The van der Waals surface area contributed by atoms with Crippen LogP contribution >= 0.6 is 12.2 Å². The van der Waals surface area contributed by atoms with Crippen LogP contribution in [-0.4, -0.2) is 27.0 Å². The minimum atomic E-state index is 0.658. The van der Waals surface area contributed by atoms with Crippen LogP contribution in [0.1, 0.15) is 5.82 Å².